The maximum absolute atomic E-state index is 12.9. The van der Waals surface area contributed by atoms with Crippen molar-refractivity contribution in [2.45, 2.75) is 44.1 Å². The van der Waals surface area contributed by atoms with E-state index in [1.165, 1.54) is 37.7 Å². The first-order valence-corrected chi connectivity index (χ1v) is 9.00. The van der Waals surface area contributed by atoms with Gasteiger partial charge in [0.2, 0.25) is 5.91 Å². The van der Waals surface area contributed by atoms with Crippen LogP contribution in [0.15, 0.2) is 24.5 Å². The molecule has 3 fully saturated rings. The number of hydrogen-bond acceptors (Lipinski definition) is 4. The number of hydrogen-bond donors (Lipinski definition) is 2. The van der Waals surface area contributed by atoms with Gasteiger partial charge in [-0.05, 0) is 30.4 Å². The number of amides is 1. The Morgan fingerprint density at radius 3 is 2.78 bits per heavy atom. The number of carbonyl (C=O) groups is 1. The first-order chi connectivity index (χ1) is 11.3. The molecule has 0 bridgehead atoms. The molecule has 1 saturated carbocycles. The molecule has 5 heteroatoms. The molecule has 23 heavy (non-hydrogen) atoms. The molecule has 4 rings (SSSR count). The van der Waals surface area contributed by atoms with Crippen LogP contribution in [0.3, 0.4) is 0 Å². The average molecular weight is 314 g/mol. The Balaban J connectivity index is 1.36. The molecule has 1 aliphatic carbocycles. The third-order valence-electron chi connectivity index (χ3n) is 5.85. The lowest BCUT2D eigenvalue weighted by Crippen LogP contribution is -2.53. The Morgan fingerprint density at radius 2 is 2.04 bits per heavy atom. The maximum atomic E-state index is 12.9. The molecule has 3 heterocycles. The molecule has 1 amide bonds. The molecule has 0 aromatic carbocycles. The Bertz CT molecular complexity index is 537. The highest BCUT2D eigenvalue weighted by Crippen LogP contribution is 2.33. The highest BCUT2D eigenvalue weighted by molar-refractivity contribution is 5.81. The van der Waals surface area contributed by atoms with Gasteiger partial charge in [-0.2, -0.15) is 0 Å². The summed E-state index contributed by atoms with van der Waals surface area (Å²) in [7, 11) is 0. The van der Waals surface area contributed by atoms with Crippen LogP contribution in [0, 0.1) is 11.8 Å². The summed E-state index contributed by atoms with van der Waals surface area (Å²) in [5.74, 6) is 1.55. The van der Waals surface area contributed by atoms with E-state index in [1.807, 2.05) is 17.2 Å². The summed E-state index contributed by atoms with van der Waals surface area (Å²) in [5.41, 5.74) is 7.89. The third kappa shape index (κ3) is 3.00. The SMILES string of the molecule is O=C(C1CNNC1C1CCCCC1)N1CC(c2cccnc2)C1. The summed E-state index contributed by atoms with van der Waals surface area (Å²) in [5, 5.41) is 0. The van der Waals surface area contributed by atoms with Crippen LogP contribution in [0.5, 0.6) is 0 Å². The van der Waals surface area contributed by atoms with Gasteiger partial charge < -0.3 is 4.90 Å². The molecule has 2 aliphatic heterocycles. The highest BCUT2D eigenvalue weighted by Gasteiger charge is 2.43. The van der Waals surface area contributed by atoms with Crippen LogP contribution in [-0.4, -0.2) is 41.5 Å². The van der Waals surface area contributed by atoms with E-state index in [4.69, 9.17) is 0 Å². The minimum absolute atomic E-state index is 0.105. The molecule has 0 radical (unpaired) electrons. The summed E-state index contributed by atoms with van der Waals surface area (Å²) in [6.07, 6.45) is 10.2. The normalized spacial score (nSPS) is 29.5. The van der Waals surface area contributed by atoms with Gasteiger partial charge in [0.25, 0.3) is 0 Å². The van der Waals surface area contributed by atoms with E-state index in [9.17, 15) is 4.79 Å². The summed E-state index contributed by atoms with van der Waals surface area (Å²) < 4.78 is 0. The topological polar surface area (TPSA) is 57.3 Å². The van der Waals surface area contributed by atoms with Crippen LogP contribution in [0.2, 0.25) is 0 Å². The van der Waals surface area contributed by atoms with Gasteiger partial charge in [0.1, 0.15) is 0 Å². The van der Waals surface area contributed by atoms with Crippen LogP contribution in [0.4, 0.5) is 0 Å². The molecule has 2 unspecified atom stereocenters. The first kappa shape index (κ1) is 15.1. The lowest BCUT2D eigenvalue weighted by molar-refractivity contribution is -0.140. The standard InChI is InChI=1S/C18H26N4O/c23-18(22-11-15(12-22)14-7-4-8-19-9-14)16-10-20-21-17(16)13-5-2-1-3-6-13/h4,7-9,13,15-17,20-21H,1-3,5-6,10-12H2. The fraction of sp³-hybridized carbons (Fsp3) is 0.667. The monoisotopic (exact) mass is 314 g/mol. The van der Waals surface area contributed by atoms with Gasteiger partial charge in [0, 0.05) is 44.0 Å². The summed E-state index contributed by atoms with van der Waals surface area (Å²) in [4.78, 5) is 19.1. The molecular weight excluding hydrogens is 288 g/mol. The van der Waals surface area contributed by atoms with Crippen LogP contribution >= 0.6 is 0 Å². The number of pyridine rings is 1. The number of likely N-dealkylation sites (tertiary alicyclic amines) is 1. The van der Waals surface area contributed by atoms with Crippen molar-refractivity contribution in [1.29, 1.82) is 0 Å². The number of hydrazine groups is 1. The number of aromatic nitrogens is 1. The van der Waals surface area contributed by atoms with E-state index in [1.54, 1.807) is 6.20 Å². The fourth-order valence-electron chi connectivity index (χ4n) is 4.42. The van der Waals surface area contributed by atoms with Crippen molar-refractivity contribution < 1.29 is 4.79 Å². The molecule has 124 valence electrons. The van der Waals surface area contributed by atoms with Gasteiger partial charge in [0.15, 0.2) is 0 Å². The Kier molecular flexibility index (Phi) is 4.31. The predicted octanol–water partition coefficient (Wildman–Crippen LogP) is 1.68. The van der Waals surface area contributed by atoms with E-state index in [0.29, 0.717) is 23.8 Å². The molecule has 1 aromatic heterocycles. The van der Waals surface area contributed by atoms with Crippen LogP contribution in [-0.2, 0) is 4.79 Å². The van der Waals surface area contributed by atoms with Crippen LogP contribution in [0.25, 0.3) is 0 Å². The Hall–Kier alpha value is -1.46. The van der Waals surface area contributed by atoms with Crippen molar-refractivity contribution in [1.82, 2.24) is 20.7 Å². The number of rotatable bonds is 3. The van der Waals surface area contributed by atoms with E-state index in [-0.39, 0.29) is 5.92 Å². The summed E-state index contributed by atoms with van der Waals surface area (Å²) >= 11 is 0. The van der Waals surface area contributed by atoms with Crippen molar-refractivity contribution in [3.05, 3.63) is 30.1 Å². The third-order valence-corrected chi connectivity index (χ3v) is 5.85. The van der Waals surface area contributed by atoms with Crippen molar-refractivity contribution in [3.63, 3.8) is 0 Å². The zero-order valence-electron chi connectivity index (χ0n) is 13.6. The second-order valence-corrected chi connectivity index (χ2v) is 7.28. The quantitative estimate of drug-likeness (QED) is 0.891. The number of carbonyl (C=O) groups excluding carboxylic acids is 1. The van der Waals surface area contributed by atoms with Gasteiger partial charge in [0.05, 0.1) is 5.92 Å². The molecule has 3 aliphatic rings. The lowest BCUT2D eigenvalue weighted by atomic mass is 9.78. The van der Waals surface area contributed by atoms with Gasteiger partial charge in [-0.1, -0.05) is 25.3 Å². The fourth-order valence-corrected chi connectivity index (χ4v) is 4.42. The average Bonchev–Trinajstić information content (AvgIpc) is 3.05. The molecule has 2 N–H and O–H groups in total. The molecule has 0 spiro atoms. The van der Waals surface area contributed by atoms with Crippen LogP contribution < -0.4 is 10.9 Å². The Labute approximate surface area is 137 Å². The van der Waals surface area contributed by atoms with E-state index in [2.05, 4.69) is 21.9 Å². The molecule has 2 atom stereocenters. The maximum Gasteiger partial charge on any atom is 0.228 e. The van der Waals surface area contributed by atoms with Crippen molar-refractivity contribution in [3.8, 4) is 0 Å². The summed E-state index contributed by atoms with van der Waals surface area (Å²) in [6, 6.07) is 4.41. The minimum atomic E-state index is 0.105. The predicted molar refractivity (Wildman–Crippen MR) is 88.5 cm³/mol. The van der Waals surface area contributed by atoms with Crippen molar-refractivity contribution in [2.75, 3.05) is 19.6 Å². The van der Waals surface area contributed by atoms with Gasteiger partial charge in [-0.15, -0.1) is 0 Å². The van der Waals surface area contributed by atoms with Gasteiger partial charge in [-0.25, -0.2) is 0 Å². The van der Waals surface area contributed by atoms with Crippen LogP contribution in [0.1, 0.15) is 43.6 Å². The largest absolute Gasteiger partial charge is 0.341 e. The van der Waals surface area contributed by atoms with E-state index >= 15 is 0 Å². The van der Waals surface area contributed by atoms with Gasteiger partial charge in [-0.3, -0.25) is 20.6 Å². The first-order valence-electron chi connectivity index (χ1n) is 9.00. The zero-order chi connectivity index (χ0) is 15.6. The van der Waals surface area contributed by atoms with Crippen molar-refractivity contribution in [2.24, 2.45) is 11.8 Å². The number of nitrogens with zero attached hydrogens (tertiary/aromatic N) is 2. The van der Waals surface area contributed by atoms with E-state index < -0.39 is 0 Å². The lowest BCUT2D eigenvalue weighted by Gasteiger charge is -2.42. The highest BCUT2D eigenvalue weighted by atomic mass is 16.2. The Morgan fingerprint density at radius 1 is 1.22 bits per heavy atom. The second-order valence-electron chi connectivity index (χ2n) is 7.28. The smallest absolute Gasteiger partial charge is 0.228 e. The minimum Gasteiger partial charge on any atom is -0.341 e. The van der Waals surface area contributed by atoms with Crippen molar-refractivity contribution >= 4 is 5.91 Å². The second kappa shape index (κ2) is 6.57. The molecule has 2 saturated heterocycles. The molecule has 5 nitrogen and oxygen atoms in total. The van der Waals surface area contributed by atoms with Gasteiger partial charge >= 0.3 is 0 Å². The van der Waals surface area contributed by atoms with E-state index in [0.717, 1.165) is 19.6 Å². The molecule has 1 aromatic rings. The number of nitrogens with one attached hydrogen (secondary N) is 2. The summed E-state index contributed by atoms with van der Waals surface area (Å²) in [6.45, 7) is 2.46. The molecular formula is C18H26N4O. The zero-order valence-corrected chi connectivity index (χ0v) is 13.6.